The number of rotatable bonds is 5. The van der Waals surface area contributed by atoms with Crippen molar-refractivity contribution in [1.82, 2.24) is 24.6 Å². The molecule has 0 bridgehead atoms. The van der Waals surface area contributed by atoms with Gasteiger partial charge in [-0.05, 0) is 80.5 Å². The van der Waals surface area contributed by atoms with Gasteiger partial charge in [-0.1, -0.05) is 31.0 Å². The molecule has 3 aromatic rings. The smallest absolute Gasteiger partial charge is 0.251 e. The number of carbonyl (C=O) groups excluding carboxylic acids is 1. The molecule has 1 amide bonds. The molecule has 1 aliphatic heterocycles. The van der Waals surface area contributed by atoms with Gasteiger partial charge in [0.05, 0.1) is 16.5 Å². The normalized spacial score (nSPS) is 22.3. The molecule has 0 unspecified atom stereocenters. The van der Waals surface area contributed by atoms with Crippen molar-refractivity contribution in [3.63, 3.8) is 0 Å². The predicted molar refractivity (Wildman–Crippen MR) is 135 cm³/mol. The van der Waals surface area contributed by atoms with Gasteiger partial charge >= 0.3 is 0 Å². The third-order valence-corrected chi connectivity index (χ3v) is 9.49. The summed E-state index contributed by atoms with van der Waals surface area (Å²) in [7, 11) is -3.62. The zero-order valence-corrected chi connectivity index (χ0v) is 21.2. The van der Waals surface area contributed by atoms with Crippen LogP contribution in [0.1, 0.15) is 67.4 Å². The van der Waals surface area contributed by atoms with Crippen molar-refractivity contribution >= 4 is 27.0 Å². The van der Waals surface area contributed by atoms with Crippen molar-refractivity contribution in [2.75, 3.05) is 13.1 Å². The maximum absolute atomic E-state index is 13.3. The topological polar surface area (TPSA) is 97.2 Å². The van der Waals surface area contributed by atoms with Gasteiger partial charge in [-0.15, -0.1) is 5.10 Å². The van der Waals surface area contributed by atoms with Crippen LogP contribution in [0.5, 0.6) is 0 Å². The number of hydrogen-bond donors (Lipinski definition) is 1. The third kappa shape index (κ3) is 4.84. The van der Waals surface area contributed by atoms with Crippen LogP contribution in [0.4, 0.5) is 0 Å². The molecule has 1 aliphatic carbocycles. The lowest BCUT2D eigenvalue weighted by atomic mass is 9.86. The Bertz CT molecular complexity index is 1310. The van der Waals surface area contributed by atoms with E-state index in [1.54, 1.807) is 24.3 Å². The van der Waals surface area contributed by atoms with E-state index < -0.39 is 10.0 Å². The molecule has 8 nitrogen and oxygen atoms in total. The second kappa shape index (κ2) is 9.70. The monoisotopic (exact) mass is 495 g/mol. The SMILES string of the molecule is Cc1ccc2c(c1)nnn2C1CCN(S(=O)(=O)c2ccc(C(=O)N[C@@H]3CCCC[C@@H]3C)cc2)CC1. The highest BCUT2D eigenvalue weighted by Crippen LogP contribution is 2.29. The van der Waals surface area contributed by atoms with E-state index in [0.717, 1.165) is 35.9 Å². The maximum Gasteiger partial charge on any atom is 0.251 e. The molecule has 2 atom stereocenters. The van der Waals surface area contributed by atoms with Gasteiger partial charge in [-0.3, -0.25) is 4.79 Å². The Balaban J connectivity index is 1.23. The van der Waals surface area contributed by atoms with Crippen molar-refractivity contribution in [2.24, 2.45) is 5.92 Å². The Hall–Kier alpha value is -2.78. The highest BCUT2D eigenvalue weighted by Gasteiger charge is 2.31. The second-order valence-electron chi connectivity index (χ2n) is 10.0. The molecule has 2 aromatic carbocycles. The number of sulfonamides is 1. The zero-order chi connectivity index (χ0) is 24.6. The fourth-order valence-electron chi connectivity index (χ4n) is 5.36. The first-order valence-electron chi connectivity index (χ1n) is 12.6. The van der Waals surface area contributed by atoms with Crippen molar-refractivity contribution in [3.05, 3.63) is 53.6 Å². The summed E-state index contributed by atoms with van der Waals surface area (Å²) in [5, 5.41) is 11.7. The van der Waals surface area contributed by atoms with Gasteiger partial charge in [0.15, 0.2) is 0 Å². The molecule has 186 valence electrons. The van der Waals surface area contributed by atoms with E-state index in [0.29, 0.717) is 37.4 Å². The molecule has 2 heterocycles. The molecule has 9 heteroatoms. The summed E-state index contributed by atoms with van der Waals surface area (Å²) in [5.74, 6) is 0.332. The van der Waals surface area contributed by atoms with Gasteiger partial charge in [-0.2, -0.15) is 4.31 Å². The molecule has 1 saturated heterocycles. The van der Waals surface area contributed by atoms with Gasteiger partial charge in [-0.25, -0.2) is 13.1 Å². The number of benzene rings is 2. The average Bonchev–Trinajstić information content (AvgIpc) is 3.28. The van der Waals surface area contributed by atoms with E-state index in [1.807, 2.05) is 29.8 Å². The number of aromatic nitrogens is 3. The molecule has 0 radical (unpaired) electrons. The summed E-state index contributed by atoms with van der Waals surface area (Å²) in [4.78, 5) is 12.9. The first kappa shape index (κ1) is 23.9. The number of hydrogen-bond acceptors (Lipinski definition) is 5. The van der Waals surface area contributed by atoms with Crippen molar-refractivity contribution in [1.29, 1.82) is 0 Å². The fraction of sp³-hybridized carbons (Fsp3) is 0.500. The Kier molecular flexibility index (Phi) is 6.63. The molecule has 35 heavy (non-hydrogen) atoms. The number of fused-ring (bicyclic) bond motifs is 1. The lowest BCUT2D eigenvalue weighted by Crippen LogP contribution is -2.41. The van der Waals surface area contributed by atoms with Gasteiger partial charge in [0, 0.05) is 24.7 Å². The average molecular weight is 496 g/mol. The van der Waals surface area contributed by atoms with Gasteiger partial charge in [0.25, 0.3) is 5.91 Å². The standard InChI is InChI=1S/C26H33N5O3S/c1-18-7-12-25-24(17-18)28-29-31(25)21-13-15-30(16-14-21)35(33,34)22-10-8-20(9-11-22)26(32)27-23-6-4-3-5-19(23)2/h7-12,17,19,21,23H,3-6,13-16H2,1-2H3,(H,27,32)/t19-,23+/m0/s1. The number of nitrogens with zero attached hydrogens (tertiary/aromatic N) is 4. The van der Waals surface area contributed by atoms with E-state index in [4.69, 9.17) is 0 Å². The first-order valence-corrected chi connectivity index (χ1v) is 14.0. The van der Waals surface area contributed by atoms with Crippen LogP contribution in [-0.4, -0.2) is 52.8 Å². The van der Waals surface area contributed by atoms with E-state index in [2.05, 4.69) is 22.6 Å². The van der Waals surface area contributed by atoms with Crippen LogP contribution in [0.15, 0.2) is 47.4 Å². The summed E-state index contributed by atoms with van der Waals surface area (Å²) in [5.41, 5.74) is 3.47. The minimum Gasteiger partial charge on any atom is -0.349 e. The lowest BCUT2D eigenvalue weighted by molar-refractivity contribution is 0.0910. The molecule has 5 rings (SSSR count). The number of piperidine rings is 1. The Morgan fingerprint density at radius 1 is 1.00 bits per heavy atom. The summed E-state index contributed by atoms with van der Waals surface area (Å²) >= 11 is 0. The van der Waals surface area contributed by atoms with Crippen molar-refractivity contribution < 1.29 is 13.2 Å². The number of nitrogens with one attached hydrogen (secondary N) is 1. The molecular formula is C26H33N5O3S. The van der Waals surface area contributed by atoms with Crippen LogP contribution in [-0.2, 0) is 10.0 Å². The minimum atomic E-state index is -3.62. The Morgan fingerprint density at radius 2 is 1.71 bits per heavy atom. The number of carbonyl (C=O) groups is 1. The predicted octanol–water partition coefficient (Wildman–Crippen LogP) is 4.07. The van der Waals surface area contributed by atoms with E-state index in [9.17, 15) is 13.2 Å². The number of aryl methyl sites for hydroxylation is 1. The van der Waals surface area contributed by atoms with Crippen LogP contribution in [0.25, 0.3) is 11.0 Å². The number of amides is 1. The van der Waals surface area contributed by atoms with Crippen molar-refractivity contribution in [2.45, 2.75) is 69.4 Å². The molecule has 1 saturated carbocycles. The van der Waals surface area contributed by atoms with Gasteiger partial charge in [0.1, 0.15) is 5.52 Å². The van der Waals surface area contributed by atoms with Crippen LogP contribution < -0.4 is 5.32 Å². The minimum absolute atomic E-state index is 0.113. The molecule has 1 aromatic heterocycles. The largest absolute Gasteiger partial charge is 0.349 e. The van der Waals surface area contributed by atoms with Crippen molar-refractivity contribution in [3.8, 4) is 0 Å². The summed E-state index contributed by atoms with van der Waals surface area (Å²) < 4.78 is 30.0. The van der Waals surface area contributed by atoms with Crippen LogP contribution in [0.2, 0.25) is 0 Å². The van der Waals surface area contributed by atoms with E-state index >= 15 is 0 Å². The van der Waals surface area contributed by atoms with Gasteiger partial charge in [0.2, 0.25) is 10.0 Å². The van der Waals surface area contributed by atoms with Crippen LogP contribution >= 0.6 is 0 Å². The van der Waals surface area contributed by atoms with Crippen LogP contribution in [0, 0.1) is 12.8 Å². The van der Waals surface area contributed by atoms with Gasteiger partial charge < -0.3 is 5.32 Å². The quantitative estimate of drug-likeness (QED) is 0.575. The highest BCUT2D eigenvalue weighted by atomic mass is 32.2. The molecule has 2 fully saturated rings. The third-order valence-electron chi connectivity index (χ3n) is 7.58. The maximum atomic E-state index is 13.3. The zero-order valence-electron chi connectivity index (χ0n) is 20.4. The summed E-state index contributed by atoms with van der Waals surface area (Å²) in [6.07, 6.45) is 5.82. The molecular weight excluding hydrogens is 462 g/mol. The summed E-state index contributed by atoms with van der Waals surface area (Å²) in [6, 6.07) is 12.7. The fourth-order valence-corrected chi connectivity index (χ4v) is 6.83. The molecule has 0 spiro atoms. The lowest BCUT2D eigenvalue weighted by Gasteiger charge is -2.31. The Labute approximate surface area is 206 Å². The summed E-state index contributed by atoms with van der Waals surface area (Å²) in [6.45, 7) is 5.04. The first-order chi connectivity index (χ1) is 16.8. The molecule has 2 aliphatic rings. The molecule has 1 N–H and O–H groups in total. The highest BCUT2D eigenvalue weighted by molar-refractivity contribution is 7.89. The van der Waals surface area contributed by atoms with E-state index in [-0.39, 0.29) is 22.9 Å². The second-order valence-corrected chi connectivity index (χ2v) is 12.0. The van der Waals surface area contributed by atoms with Crippen LogP contribution in [0.3, 0.4) is 0 Å². The van der Waals surface area contributed by atoms with E-state index in [1.165, 1.54) is 10.7 Å². The Morgan fingerprint density at radius 3 is 2.43 bits per heavy atom.